The van der Waals surface area contributed by atoms with Crippen LogP contribution in [-0.2, 0) is 9.59 Å². The second-order valence-corrected chi connectivity index (χ2v) is 6.29. The van der Waals surface area contributed by atoms with Crippen LogP contribution >= 0.6 is 15.9 Å². The zero-order valence-corrected chi connectivity index (χ0v) is 16.6. The number of rotatable bonds is 8. The SMILES string of the molecule is COc1cc(OC)c(/C=N/NC(=O)CCC(=O)Nc2ccccc2)cc1Br. The van der Waals surface area contributed by atoms with Gasteiger partial charge in [0, 0.05) is 30.2 Å². The predicted molar refractivity (Wildman–Crippen MR) is 107 cm³/mol. The third-order valence-electron chi connectivity index (χ3n) is 3.53. The number of hydrogen-bond acceptors (Lipinski definition) is 5. The van der Waals surface area contributed by atoms with Crippen LogP contribution in [0.3, 0.4) is 0 Å². The Morgan fingerprint density at radius 3 is 2.37 bits per heavy atom. The molecular formula is C19H20BrN3O4. The highest BCUT2D eigenvalue weighted by molar-refractivity contribution is 9.10. The van der Waals surface area contributed by atoms with Crippen molar-refractivity contribution in [2.45, 2.75) is 12.8 Å². The van der Waals surface area contributed by atoms with E-state index in [1.807, 2.05) is 18.2 Å². The van der Waals surface area contributed by atoms with Crippen LogP contribution in [0.4, 0.5) is 5.69 Å². The van der Waals surface area contributed by atoms with Crippen LogP contribution in [0.5, 0.6) is 11.5 Å². The van der Waals surface area contributed by atoms with Crippen LogP contribution in [0, 0.1) is 0 Å². The molecule has 0 fully saturated rings. The van der Waals surface area contributed by atoms with Gasteiger partial charge in [-0.2, -0.15) is 5.10 Å². The summed E-state index contributed by atoms with van der Waals surface area (Å²) >= 11 is 3.39. The van der Waals surface area contributed by atoms with Gasteiger partial charge in [-0.3, -0.25) is 9.59 Å². The van der Waals surface area contributed by atoms with E-state index in [0.717, 1.165) is 4.47 Å². The van der Waals surface area contributed by atoms with Crippen LogP contribution in [0.15, 0.2) is 52.0 Å². The third-order valence-corrected chi connectivity index (χ3v) is 4.15. The number of ether oxygens (including phenoxy) is 2. The van der Waals surface area contributed by atoms with E-state index in [9.17, 15) is 9.59 Å². The highest BCUT2D eigenvalue weighted by Crippen LogP contribution is 2.31. The molecule has 0 saturated heterocycles. The molecule has 0 spiro atoms. The first-order valence-electron chi connectivity index (χ1n) is 8.11. The minimum atomic E-state index is -0.360. The molecule has 8 heteroatoms. The molecule has 2 N–H and O–H groups in total. The number of hydrazone groups is 1. The molecule has 27 heavy (non-hydrogen) atoms. The predicted octanol–water partition coefficient (Wildman–Crippen LogP) is 3.34. The lowest BCUT2D eigenvalue weighted by atomic mass is 10.2. The molecule has 2 rings (SSSR count). The number of hydrogen-bond donors (Lipinski definition) is 2. The van der Waals surface area contributed by atoms with E-state index in [2.05, 4.69) is 31.8 Å². The summed E-state index contributed by atoms with van der Waals surface area (Å²) in [7, 11) is 3.09. The first-order chi connectivity index (χ1) is 13.0. The summed E-state index contributed by atoms with van der Waals surface area (Å²) in [6.45, 7) is 0. The lowest BCUT2D eigenvalue weighted by Gasteiger charge is -2.09. The summed E-state index contributed by atoms with van der Waals surface area (Å²) in [5.41, 5.74) is 3.75. The van der Waals surface area contributed by atoms with Crippen LogP contribution in [0.2, 0.25) is 0 Å². The van der Waals surface area contributed by atoms with Crippen LogP contribution in [0.1, 0.15) is 18.4 Å². The maximum absolute atomic E-state index is 11.8. The van der Waals surface area contributed by atoms with Crippen molar-refractivity contribution in [3.63, 3.8) is 0 Å². The number of carbonyl (C=O) groups excluding carboxylic acids is 2. The summed E-state index contributed by atoms with van der Waals surface area (Å²) in [4.78, 5) is 23.7. The van der Waals surface area contributed by atoms with Crippen molar-refractivity contribution in [2.24, 2.45) is 5.10 Å². The highest BCUT2D eigenvalue weighted by atomic mass is 79.9. The molecule has 0 radical (unpaired) electrons. The van der Waals surface area contributed by atoms with Crippen LogP contribution < -0.4 is 20.2 Å². The molecule has 0 aromatic heterocycles. The second kappa shape index (κ2) is 10.3. The Balaban J connectivity index is 1.84. The average Bonchev–Trinajstić information content (AvgIpc) is 2.67. The number of benzene rings is 2. The standard InChI is InChI=1S/C19H20BrN3O4/c1-26-16-11-17(27-2)15(20)10-13(16)12-21-23-19(25)9-8-18(24)22-14-6-4-3-5-7-14/h3-7,10-12H,8-9H2,1-2H3,(H,22,24)(H,23,25)/b21-12+. The van der Waals surface area contributed by atoms with Gasteiger partial charge in [-0.1, -0.05) is 18.2 Å². The number of halogens is 1. The molecule has 0 bridgehead atoms. The van der Waals surface area contributed by atoms with Crippen molar-refractivity contribution in [3.05, 3.63) is 52.5 Å². The Kier molecular flexibility index (Phi) is 7.81. The maximum Gasteiger partial charge on any atom is 0.240 e. The van der Waals surface area contributed by atoms with E-state index in [1.165, 1.54) is 13.3 Å². The zero-order chi connectivity index (χ0) is 19.6. The molecule has 0 aliphatic carbocycles. The van der Waals surface area contributed by atoms with Crippen molar-refractivity contribution in [1.29, 1.82) is 0 Å². The number of carbonyl (C=O) groups is 2. The number of methoxy groups -OCH3 is 2. The number of nitrogens with zero attached hydrogens (tertiary/aromatic N) is 1. The molecule has 2 aromatic rings. The molecule has 0 saturated carbocycles. The average molecular weight is 434 g/mol. The quantitative estimate of drug-likeness (QED) is 0.493. The van der Waals surface area contributed by atoms with Gasteiger partial charge >= 0.3 is 0 Å². The Morgan fingerprint density at radius 1 is 1.04 bits per heavy atom. The Labute approximate surface area is 165 Å². The smallest absolute Gasteiger partial charge is 0.240 e. The summed E-state index contributed by atoms with van der Waals surface area (Å²) in [5.74, 6) is 0.579. The lowest BCUT2D eigenvalue weighted by molar-refractivity contribution is -0.124. The minimum Gasteiger partial charge on any atom is -0.496 e. The van der Waals surface area contributed by atoms with Crippen LogP contribution in [0.25, 0.3) is 0 Å². The summed E-state index contributed by atoms with van der Waals surface area (Å²) < 4.78 is 11.2. The second-order valence-electron chi connectivity index (χ2n) is 5.44. The lowest BCUT2D eigenvalue weighted by Crippen LogP contribution is -2.20. The van der Waals surface area contributed by atoms with E-state index in [0.29, 0.717) is 22.7 Å². The fourth-order valence-corrected chi connectivity index (χ4v) is 2.71. The molecule has 0 atom stereocenters. The van der Waals surface area contributed by atoms with Crippen molar-refractivity contribution in [2.75, 3.05) is 19.5 Å². The van der Waals surface area contributed by atoms with Gasteiger partial charge in [-0.25, -0.2) is 5.43 Å². The molecule has 0 aliphatic heterocycles. The Hall–Kier alpha value is -2.87. The van der Waals surface area contributed by atoms with E-state index in [-0.39, 0.29) is 24.7 Å². The van der Waals surface area contributed by atoms with E-state index < -0.39 is 0 Å². The Morgan fingerprint density at radius 2 is 1.70 bits per heavy atom. The van der Waals surface area contributed by atoms with Crippen molar-refractivity contribution < 1.29 is 19.1 Å². The van der Waals surface area contributed by atoms with Gasteiger partial charge in [0.15, 0.2) is 0 Å². The zero-order valence-electron chi connectivity index (χ0n) is 15.0. The number of nitrogens with one attached hydrogen (secondary N) is 2. The molecule has 0 aliphatic rings. The van der Waals surface area contributed by atoms with E-state index >= 15 is 0 Å². The summed E-state index contributed by atoms with van der Waals surface area (Å²) in [6.07, 6.45) is 1.55. The molecule has 0 heterocycles. The first kappa shape index (κ1) is 20.4. The summed E-state index contributed by atoms with van der Waals surface area (Å²) in [5, 5.41) is 6.63. The van der Waals surface area contributed by atoms with Gasteiger partial charge in [0.25, 0.3) is 0 Å². The number of amides is 2. The van der Waals surface area contributed by atoms with Gasteiger partial charge in [-0.05, 0) is 34.1 Å². The topological polar surface area (TPSA) is 89.0 Å². The van der Waals surface area contributed by atoms with Crippen molar-refractivity contribution in [1.82, 2.24) is 5.43 Å². The Bertz CT molecular complexity index is 825. The first-order valence-corrected chi connectivity index (χ1v) is 8.91. The van der Waals surface area contributed by atoms with E-state index in [1.54, 1.807) is 31.4 Å². The molecule has 142 valence electrons. The largest absolute Gasteiger partial charge is 0.496 e. The normalized spacial score (nSPS) is 10.5. The van der Waals surface area contributed by atoms with Gasteiger partial charge in [0.2, 0.25) is 11.8 Å². The maximum atomic E-state index is 11.8. The summed E-state index contributed by atoms with van der Waals surface area (Å²) in [6, 6.07) is 12.5. The van der Waals surface area contributed by atoms with Crippen LogP contribution in [-0.4, -0.2) is 32.2 Å². The highest BCUT2D eigenvalue weighted by Gasteiger charge is 2.09. The fraction of sp³-hybridized carbons (Fsp3) is 0.211. The van der Waals surface area contributed by atoms with Gasteiger partial charge < -0.3 is 14.8 Å². The number of para-hydroxylation sites is 1. The van der Waals surface area contributed by atoms with Gasteiger partial charge in [0.05, 0.1) is 24.9 Å². The number of anilines is 1. The molecule has 0 unspecified atom stereocenters. The van der Waals surface area contributed by atoms with Crippen molar-refractivity contribution in [3.8, 4) is 11.5 Å². The van der Waals surface area contributed by atoms with Gasteiger partial charge in [-0.15, -0.1) is 0 Å². The minimum absolute atomic E-state index is 0.0272. The van der Waals surface area contributed by atoms with E-state index in [4.69, 9.17) is 9.47 Å². The fourth-order valence-electron chi connectivity index (χ4n) is 2.19. The molecular weight excluding hydrogens is 414 g/mol. The van der Waals surface area contributed by atoms with Crippen molar-refractivity contribution >= 4 is 39.6 Å². The molecule has 2 amide bonds. The molecule has 2 aromatic carbocycles. The molecule has 7 nitrogen and oxygen atoms in total. The van der Waals surface area contributed by atoms with Gasteiger partial charge in [0.1, 0.15) is 11.5 Å². The third kappa shape index (κ3) is 6.41. The monoisotopic (exact) mass is 433 g/mol.